The molecule has 184 valence electrons. The molecule has 1 fully saturated rings. The number of rotatable bonds is 6. The fourth-order valence-corrected chi connectivity index (χ4v) is 4.89. The maximum Gasteiger partial charge on any atom is 0.412 e. The number of carbonyl (C=O) groups is 2. The molecule has 1 saturated carbocycles. The van der Waals surface area contributed by atoms with Crippen LogP contribution in [0.4, 0.5) is 10.5 Å². The minimum Gasteiger partial charge on any atom is -0.481 e. The summed E-state index contributed by atoms with van der Waals surface area (Å²) in [5, 5.41) is 20.3. The lowest BCUT2D eigenvalue weighted by molar-refractivity contribution is -0.140. The highest BCUT2D eigenvalue weighted by Crippen LogP contribution is 2.49. The van der Waals surface area contributed by atoms with Crippen LogP contribution in [0.2, 0.25) is 0 Å². The van der Waals surface area contributed by atoms with Gasteiger partial charge in [0.05, 0.1) is 11.6 Å². The Hall–Kier alpha value is -4.65. The predicted molar refractivity (Wildman–Crippen MR) is 140 cm³/mol. The first-order valence-electron chi connectivity index (χ1n) is 12.1. The summed E-state index contributed by atoms with van der Waals surface area (Å²) >= 11 is 0. The summed E-state index contributed by atoms with van der Waals surface area (Å²) in [5.74, 6) is -0.328. The van der Waals surface area contributed by atoms with Gasteiger partial charge in [-0.1, -0.05) is 71.9 Å². The topological polar surface area (TPSA) is 102 Å². The van der Waals surface area contributed by atoms with Crippen LogP contribution in [0.15, 0.2) is 89.6 Å². The number of ether oxygens (including phenoxy) is 1. The van der Waals surface area contributed by atoms with Gasteiger partial charge in [0.2, 0.25) is 0 Å². The minimum absolute atomic E-state index is 0.413. The summed E-state index contributed by atoms with van der Waals surface area (Å²) in [6.07, 6.45) is 1.79. The van der Waals surface area contributed by atoms with Crippen molar-refractivity contribution in [3.63, 3.8) is 0 Å². The van der Waals surface area contributed by atoms with E-state index in [2.05, 4.69) is 10.5 Å². The van der Waals surface area contributed by atoms with Crippen molar-refractivity contribution in [2.24, 2.45) is 0 Å². The van der Waals surface area contributed by atoms with Gasteiger partial charge in [0.25, 0.3) is 0 Å². The van der Waals surface area contributed by atoms with Crippen molar-refractivity contribution in [2.45, 2.75) is 31.3 Å². The highest BCUT2D eigenvalue weighted by Gasteiger charge is 2.51. The zero-order chi connectivity index (χ0) is 25.6. The average molecular weight is 493 g/mol. The first-order chi connectivity index (χ1) is 17.9. The predicted octanol–water partition coefficient (Wildman–Crippen LogP) is 7.07. The zero-order valence-corrected chi connectivity index (χ0v) is 20.1. The molecule has 7 nitrogen and oxygen atoms in total. The van der Waals surface area contributed by atoms with Crippen LogP contribution >= 0.6 is 0 Å². The van der Waals surface area contributed by atoms with Crippen LogP contribution in [0.5, 0.6) is 0 Å². The van der Waals surface area contributed by atoms with E-state index in [0.29, 0.717) is 24.3 Å². The smallest absolute Gasteiger partial charge is 0.412 e. The van der Waals surface area contributed by atoms with Gasteiger partial charge in [0.1, 0.15) is 11.8 Å². The first-order valence-corrected chi connectivity index (χ1v) is 12.1. The van der Waals surface area contributed by atoms with E-state index in [0.717, 1.165) is 38.2 Å². The Labute approximate surface area is 212 Å². The summed E-state index contributed by atoms with van der Waals surface area (Å²) in [6.45, 7) is 1.81. The van der Waals surface area contributed by atoms with Crippen molar-refractivity contribution in [1.29, 1.82) is 0 Å². The van der Waals surface area contributed by atoms with Gasteiger partial charge in [-0.15, -0.1) is 0 Å². The van der Waals surface area contributed by atoms with Gasteiger partial charge in [-0.25, -0.2) is 4.79 Å². The summed E-state index contributed by atoms with van der Waals surface area (Å²) in [7, 11) is 0. The number of benzene rings is 4. The molecule has 1 atom stereocenters. The molecule has 1 aliphatic carbocycles. The monoisotopic (exact) mass is 492 g/mol. The fourth-order valence-electron chi connectivity index (χ4n) is 4.89. The lowest BCUT2D eigenvalue weighted by atomic mass is 9.92. The number of carbonyl (C=O) groups excluding carboxylic acids is 1. The average Bonchev–Trinajstić information content (AvgIpc) is 3.61. The van der Waals surface area contributed by atoms with E-state index in [-0.39, 0.29) is 0 Å². The van der Waals surface area contributed by atoms with Gasteiger partial charge in [0, 0.05) is 5.56 Å². The van der Waals surface area contributed by atoms with Crippen molar-refractivity contribution >= 4 is 39.3 Å². The molecule has 5 aromatic rings. The molecular weight excluding hydrogens is 468 g/mol. The quantitative estimate of drug-likeness (QED) is 0.246. The van der Waals surface area contributed by atoms with E-state index in [9.17, 15) is 14.7 Å². The maximum absolute atomic E-state index is 12.5. The Morgan fingerprint density at radius 2 is 1.68 bits per heavy atom. The number of carboxylic acids is 1. The Morgan fingerprint density at radius 1 is 0.973 bits per heavy atom. The summed E-state index contributed by atoms with van der Waals surface area (Å²) in [6, 6.07) is 25.3. The molecule has 0 aliphatic heterocycles. The summed E-state index contributed by atoms with van der Waals surface area (Å²) < 4.78 is 11.0. The molecule has 1 amide bonds. The van der Waals surface area contributed by atoms with Crippen molar-refractivity contribution in [3.8, 4) is 11.3 Å². The van der Waals surface area contributed by atoms with Crippen LogP contribution in [0.1, 0.15) is 37.0 Å². The molecule has 1 aliphatic rings. The second kappa shape index (κ2) is 8.78. The third kappa shape index (κ3) is 4.08. The first kappa shape index (κ1) is 22.8. The fraction of sp³-hybridized carbons (Fsp3) is 0.167. The maximum atomic E-state index is 12.5. The lowest BCUT2D eigenvalue weighted by Crippen LogP contribution is -2.19. The Balaban J connectivity index is 1.26. The van der Waals surface area contributed by atoms with Crippen LogP contribution in [0.25, 0.3) is 32.9 Å². The number of anilines is 1. The number of nitrogens with one attached hydrogen (secondary N) is 1. The Morgan fingerprint density at radius 3 is 2.38 bits per heavy atom. The Bertz CT molecular complexity index is 1650. The van der Waals surface area contributed by atoms with E-state index >= 15 is 0 Å². The Kier molecular flexibility index (Phi) is 5.41. The number of carboxylic acid groups (broad SMARTS) is 1. The third-order valence-corrected chi connectivity index (χ3v) is 7.17. The minimum atomic E-state index is -0.757. The van der Waals surface area contributed by atoms with Crippen LogP contribution in [-0.2, 0) is 14.9 Å². The third-order valence-electron chi connectivity index (χ3n) is 7.17. The van der Waals surface area contributed by atoms with E-state index in [4.69, 9.17) is 9.26 Å². The van der Waals surface area contributed by atoms with E-state index in [1.807, 2.05) is 85.8 Å². The van der Waals surface area contributed by atoms with Crippen LogP contribution in [0, 0.1) is 0 Å². The summed E-state index contributed by atoms with van der Waals surface area (Å²) in [5.41, 5.74) is 2.19. The van der Waals surface area contributed by atoms with Gasteiger partial charge in [-0.05, 0) is 64.6 Å². The highest BCUT2D eigenvalue weighted by molar-refractivity contribution is 6.09. The lowest BCUT2D eigenvalue weighted by Gasteiger charge is -2.14. The molecular formula is C30H24N2O5. The van der Waals surface area contributed by atoms with Crippen molar-refractivity contribution in [1.82, 2.24) is 5.16 Å². The zero-order valence-electron chi connectivity index (χ0n) is 20.1. The normalized spacial score (nSPS) is 14.8. The number of aromatic nitrogens is 1. The molecule has 0 bridgehead atoms. The van der Waals surface area contributed by atoms with Crippen LogP contribution < -0.4 is 5.32 Å². The number of amides is 1. The van der Waals surface area contributed by atoms with Gasteiger partial charge in [0.15, 0.2) is 5.76 Å². The molecule has 1 aromatic heterocycles. The number of fused-ring (bicyclic) bond motifs is 3. The van der Waals surface area contributed by atoms with E-state index in [1.165, 1.54) is 6.20 Å². The number of aliphatic carboxylic acids is 1. The van der Waals surface area contributed by atoms with Crippen LogP contribution in [-0.4, -0.2) is 22.3 Å². The number of hydrogen-bond donors (Lipinski definition) is 2. The van der Waals surface area contributed by atoms with E-state index in [1.54, 1.807) is 0 Å². The SMILES string of the molecule is CC(OC(=O)Nc1cnoc1-c1ccc2c(ccc3cc(C4(C(=O)O)CC4)ccc32)c1)c1ccccc1. The van der Waals surface area contributed by atoms with Gasteiger partial charge >= 0.3 is 12.1 Å². The second-order valence-electron chi connectivity index (χ2n) is 9.48. The molecule has 0 saturated heterocycles. The number of hydrogen-bond acceptors (Lipinski definition) is 5. The van der Waals surface area contributed by atoms with Gasteiger partial charge < -0.3 is 14.4 Å². The molecule has 37 heavy (non-hydrogen) atoms. The highest BCUT2D eigenvalue weighted by atomic mass is 16.6. The van der Waals surface area contributed by atoms with Gasteiger partial charge in [-0.2, -0.15) is 0 Å². The van der Waals surface area contributed by atoms with Gasteiger partial charge in [-0.3, -0.25) is 10.1 Å². The molecule has 1 heterocycles. The molecule has 2 N–H and O–H groups in total. The largest absolute Gasteiger partial charge is 0.481 e. The van der Waals surface area contributed by atoms with Crippen molar-refractivity contribution in [2.75, 3.05) is 5.32 Å². The van der Waals surface area contributed by atoms with Crippen molar-refractivity contribution < 1.29 is 24.0 Å². The van der Waals surface area contributed by atoms with Crippen molar-refractivity contribution in [3.05, 3.63) is 96.2 Å². The van der Waals surface area contributed by atoms with E-state index < -0.39 is 23.6 Å². The number of nitrogens with zero attached hydrogens (tertiary/aromatic N) is 1. The molecule has 4 aromatic carbocycles. The summed E-state index contributed by atoms with van der Waals surface area (Å²) in [4.78, 5) is 24.3. The standard InChI is InChI=1S/C30H24N2O5/c1-18(19-5-3-2-4-6-19)36-29(35)32-26-17-31-37-27(26)22-9-11-24-20(15-22)7-8-21-16-23(10-12-25(21)24)30(13-14-30)28(33)34/h2-12,15-18H,13-14H2,1H3,(H,32,35)(H,33,34). The molecule has 0 spiro atoms. The molecule has 7 heteroatoms. The second-order valence-corrected chi connectivity index (χ2v) is 9.48. The molecule has 0 radical (unpaired) electrons. The molecule has 6 rings (SSSR count). The van der Waals surface area contributed by atoms with Crippen LogP contribution in [0.3, 0.4) is 0 Å². The molecule has 1 unspecified atom stereocenters.